The molecule has 134 valence electrons. The Labute approximate surface area is 144 Å². The van der Waals surface area contributed by atoms with Gasteiger partial charge in [-0.1, -0.05) is 12.8 Å². The molecule has 1 aliphatic carbocycles. The molecule has 1 heterocycles. The van der Waals surface area contributed by atoms with Crippen LogP contribution in [0.5, 0.6) is 0 Å². The molecule has 6 heteroatoms. The molecule has 2 aliphatic rings. The van der Waals surface area contributed by atoms with Gasteiger partial charge in [0.15, 0.2) is 0 Å². The summed E-state index contributed by atoms with van der Waals surface area (Å²) in [4.78, 5) is 26.5. The fourth-order valence-electron chi connectivity index (χ4n) is 3.59. The summed E-state index contributed by atoms with van der Waals surface area (Å²) in [7, 11) is 0. The zero-order chi connectivity index (χ0) is 18.0. The van der Waals surface area contributed by atoms with Gasteiger partial charge in [-0.25, -0.2) is 4.79 Å². The molecule has 0 aromatic carbocycles. The van der Waals surface area contributed by atoms with E-state index in [-0.39, 0.29) is 24.1 Å². The van der Waals surface area contributed by atoms with Crippen LogP contribution >= 0.6 is 0 Å². The predicted octanol–water partition coefficient (Wildman–Crippen LogP) is 2.97. The molecule has 0 bridgehead atoms. The summed E-state index contributed by atoms with van der Waals surface area (Å²) in [6.07, 6.45) is 4.26. The molecule has 2 rings (SSSR count). The maximum atomic E-state index is 12.5. The van der Waals surface area contributed by atoms with Gasteiger partial charge in [-0.2, -0.15) is 5.26 Å². The van der Waals surface area contributed by atoms with E-state index < -0.39 is 11.0 Å². The van der Waals surface area contributed by atoms with Gasteiger partial charge < -0.3 is 15.0 Å². The minimum atomic E-state index is -0.842. The third-order valence-corrected chi connectivity index (χ3v) is 4.95. The van der Waals surface area contributed by atoms with E-state index in [2.05, 4.69) is 11.4 Å². The Bertz CT molecular complexity index is 527. The molecule has 1 aliphatic heterocycles. The van der Waals surface area contributed by atoms with Gasteiger partial charge in [-0.15, -0.1) is 0 Å². The zero-order valence-corrected chi connectivity index (χ0v) is 15.2. The van der Waals surface area contributed by atoms with Crippen LogP contribution in [0.2, 0.25) is 0 Å². The van der Waals surface area contributed by atoms with Crippen molar-refractivity contribution in [1.82, 2.24) is 10.2 Å². The highest BCUT2D eigenvalue weighted by molar-refractivity contribution is 5.86. The first-order chi connectivity index (χ1) is 11.2. The smallest absolute Gasteiger partial charge is 0.410 e. The molecule has 0 spiro atoms. The molecule has 6 nitrogen and oxygen atoms in total. The van der Waals surface area contributed by atoms with Crippen LogP contribution in [0, 0.1) is 16.7 Å². The van der Waals surface area contributed by atoms with E-state index in [0.29, 0.717) is 32.2 Å². The van der Waals surface area contributed by atoms with Crippen LogP contribution in [0.1, 0.15) is 66.2 Å². The highest BCUT2D eigenvalue weighted by Gasteiger charge is 2.43. The molecule has 1 saturated carbocycles. The highest BCUT2D eigenvalue weighted by Crippen LogP contribution is 2.38. The van der Waals surface area contributed by atoms with Crippen molar-refractivity contribution in [3.05, 3.63) is 0 Å². The first kappa shape index (κ1) is 18.6. The van der Waals surface area contributed by atoms with Crippen molar-refractivity contribution in [2.75, 3.05) is 6.54 Å². The summed E-state index contributed by atoms with van der Waals surface area (Å²) in [5, 5.41) is 12.5. The Morgan fingerprint density at radius 3 is 2.42 bits per heavy atom. The van der Waals surface area contributed by atoms with E-state index in [4.69, 9.17) is 4.74 Å². The van der Waals surface area contributed by atoms with E-state index in [1.54, 1.807) is 4.90 Å². The van der Waals surface area contributed by atoms with Crippen molar-refractivity contribution in [2.45, 2.75) is 83.9 Å². The van der Waals surface area contributed by atoms with Crippen LogP contribution in [0.25, 0.3) is 0 Å². The minimum Gasteiger partial charge on any atom is -0.444 e. The van der Waals surface area contributed by atoms with Gasteiger partial charge in [0.1, 0.15) is 11.0 Å². The average molecular weight is 335 g/mol. The summed E-state index contributed by atoms with van der Waals surface area (Å²) in [5.41, 5.74) is -1.35. The predicted molar refractivity (Wildman–Crippen MR) is 90.1 cm³/mol. The van der Waals surface area contributed by atoms with E-state index in [0.717, 1.165) is 12.8 Å². The number of amides is 2. The van der Waals surface area contributed by atoms with Crippen LogP contribution in [0.4, 0.5) is 4.79 Å². The van der Waals surface area contributed by atoms with Gasteiger partial charge in [-0.3, -0.25) is 4.79 Å². The summed E-state index contributed by atoms with van der Waals surface area (Å²) >= 11 is 0. The first-order valence-corrected chi connectivity index (χ1v) is 8.89. The van der Waals surface area contributed by atoms with Gasteiger partial charge in [0.05, 0.1) is 6.07 Å². The lowest BCUT2D eigenvalue weighted by Gasteiger charge is -2.39. The molecule has 0 aromatic heterocycles. The molecule has 2 atom stereocenters. The van der Waals surface area contributed by atoms with Gasteiger partial charge in [0.2, 0.25) is 5.91 Å². The lowest BCUT2D eigenvalue weighted by atomic mass is 9.86. The highest BCUT2D eigenvalue weighted by atomic mass is 16.6. The largest absolute Gasteiger partial charge is 0.444 e. The molecule has 24 heavy (non-hydrogen) atoms. The van der Waals surface area contributed by atoms with E-state index in [1.165, 1.54) is 0 Å². The second kappa shape index (κ2) is 7.00. The Morgan fingerprint density at radius 2 is 1.92 bits per heavy atom. The Hall–Kier alpha value is -1.77. The van der Waals surface area contributed by atoms with E-state index >= 15 is 0 Å². The number of ether oxygens (including phenoxy) is 1. The quantitative estimate of drug-likeness (QED) is 0.841. The SMILES string of the molecule is C[C@H]1C[C@@H](NC(=O)C2(C#N)CCCC2)CCN1C(=O)OC(C)(C)C. The van der Waals surface area contributed by atoms with Crippen LogP contribution in [0.3, 0.4) is 0 Å². The zero-order valence-electron chi connectivity index (χ0n) is 15.2. The molecule has 2 fully saturated rings. The fourth-order valence-corrected chi connectivity index (χ4v) is 3.59. The van der Waals surface area contributed by atoms with Gasteiger partial charge in [0.25, 0.3) is 0 Å². The number of hydrogen-bond donors (Lipinski definition) is 1. The number of hydrogen-bond acceptors (Lipinski definition) is 4. The lowest BCUT2D eigenvalue weighted by molar-refractivity contribution is -0.129. The van der Waals surface area contributed by atoms with Crippen LogP contribution in [-0.4, -0.2) is 41.1 Å². The van der Waals surface area contributed by atoms with Gasteiger partial charge >= 0.3 is 6.09 Å². The second-order valence-electron chi connectivity index (χ2n) is 8.12. The Balaban J connectivity index is 1.90. The van der Waals surface area contributed by atoms with Crippen molar-refractivity contribution in [3.63, 3.8) is 0 Å². The second-order valence-corrected chi connectivity index (χ2v) is 8.12. The third-order valence-electron chi connectivity index (χ3n) is 4.95. The molecule has 0 unspecified atom stereocenters. The van der Waals surface area contributed by atoms with E-state index in [1.807, 2.05) is 27.7 Å². The fraction of sp³-hybridized carbons (Fsp3) is 0.833. The van der Waals surface area contributed by atoms with Gasteiger partial charge in [0, 0.05) is 18.6 Å². The minimum absolute atomic E-state index is 0.000476. The summed E-state index contributed by atoms with van der Waals surface area (Å²) in [6.45, 7) is 8.08. The van der Waals surface area contributed by atoms with Crippen LogP contribution in [0.15, 0.2) is 0 Å². The number of carbonyl (C=O) groups excluding carboxylic acids is 2. The molecular weight excluding hydrogens is 306 g/mol. The number of carbonyl (C=O) groups is 2. The number of rotatable bonds is 2. The van der Waals surface area contributed by atoms with Crippen molar-refractivity contribution < 1.29 is 14.3 Å². The molecule has 1 saturated heterocycles. The average Bonchev–Trinajstić information content (AvgIpc) is 2.95. The Morgan fingerprint density at radius 1 is 1.29 bits per heavy atom. The van der Waals surface area contributed by atoms with Crippen LogP contribution in [-0.2, 0) is 9.53 Å². The topological polar surface area (TPSA) is 82.4 Å². The molecular formula is C18H29N3O3. The summed E-state index contributed by atoms with van der Waals surface area (Å²) < 4.78 is 5.44. The number of nitrogens with one attached hydrogen (secondary N) is 1. The normalized spacial score (nSPS) is 26.5. The number of nitrogens with zero attached hydrogens (tertiary/aromatic N) is 2. The maximum absolute atomic E-state index is 12.5. The molecule has 0 radical (unpaired) electrons. The Kier molecular flexibility index (Phi) is 5.42. The summed E-state index contributed by atoms with van der Waals surface area (Å²) in [5.74, 6) is -0.134. The number of likely N-dealkylation sites (tertiary alicyclic amines) is 1. The van der Waals surface area contributed by atoms with Crippen molar-refractivity contribution in [2.24, 2.45) is 5.41 Å². The maximum Gasteiger partial charge on any atom is 0.410 e. The first-order valence-electron chi connectivity index (χ1n) is 8.89. The van der Waals surface area contributed by atoms with Gasteiger partial charge in [-0.05, 0) is 53.4 Å². The monoisotopic (exact) mass is 335 g/mol. The number of piperidine rings is 1. The lowest BCUT2D eigenvalue weighted by Crippen LogP contribution is -2.53. The third kappa shape index (κ3) is 4.19. The molecule has 2 amide bonds. The van der Waals surface area contributed by atoms with Crippen LogP contribution < -0.4 is 5.32 Å². The van der Waals surface area contributed by atoms with Crippen molar-refractivity contribution in [1.29, 1.82) is 5.26 Å². The molecule has 1 N–H and O–H groups in total. The summed E-state index contributed by atoms with van der Waals surface area (Å²) in [6, 6.07) is 2.25. The standard InChI is InChI=1S/C18H29N3O3/c1-13-11-14(7-10-21(13)16(23)24-17(2,3)4)20-15(22)18(12-19)8-5-6-9-18/h13-14H,5-11H2,1-4H3,(H,20,22)/t13-,14-/m0/s1. The van der Waals surface area contributed by atoms with E-state index in [9.17, 15) is 14.9 Å². The number of nitriles is 1. The molecule has 0 aromatic rings. The van der Waals surface area contributed by atoms with Crippen molar-refractivity contribution in [3.8, 4) is 6.07 Å². The van der Waals surface area contributed by atoms with Crippen molar-refractivity contribution >= 4 is 12.0 Å².